The van der Waals surface area contributed by atoms with E-state index in [1.54, 1.807) is 0 Å². The summed E-state index contributed by atoms with van der Waals surface area (Å²) in [4.78, 5) is 15.5. The van der Waals surface area contributed by atoms with Crippen molar-refractivity contribution in [2.75, 3.05) is 11.1 Å². The van der Waals surface area contributed by atoms with E-state index in [9.17, 15) is 13.6 Å². The molecule has 4 nitrogen and oxygen atoms in total. The van der Waals surface area contributed by atoms with Crippen molar-refractivity contribution in [1.29, 1.82) is 0 Å². The highest BCUT2D eigenvalue weighted by molar-refractivity contribution is 6.04. The number of aromatic nitrogens is 1. The first kappa shape index (κ1) is 12.0. The summed E-state index contributed by atoms with van der Waals surface area (Å²) in [5.74, 6) is -2.18. The second-order valence-electron chi connectivity index (χ2n) is 3.55. The van der Waals surface area contributed by atoms with Crippen molar-refractivity contribution in [2.24, 2.45) is 0 Å². The molecule has 0 atom stereocenters. The molecule has 3 N–H and O–H groups in total. The molecule has 18 heavy (non-hydrogen) atoms. The molecule has 1 aromatic heterocycles. The molecule has 1 amide bonds. The Kier molecular flexibility index (Phi) is 3.18. The van der Waals surface area contributed by atoms with E-state index < -0.39 is 17.5 Å². The number of nitrogens with two attached hydrogens (primary N) is 1. The normalized spacial score (nSPS) is 10.1. The van der Waals surface area contributed by atoms with Gasteiger partial charge < -0.3 is 11.1 Å². The van der Waals surface area contributed by atoms with Crippen LogP contribution >= 0.6 is 0 Å². The number of hydrogen-bond acceptors (Lipinski definition) is 3. The number of benzene rings is 1. The molecule has 0 aliphatic rings. The number of nitrogens with zero attached hydrogens (tertiary/aromatic N) is 1. The van der Waals surface area contributed by atoms with Crippen LogP contribution in [0.5, 0.6) is 0 Å². The molecule has 0 saturated heterocycles. The first-order chi connectivity index (χ1) is 8.56. The summed E-state index contributed by atoms with van der Waals surface area (Å²) in [7, 11) is 0. The molecule has 0 saturated carbocycles. The molecule has 0 fully saturated rings. The summed E-state index contributed by atoms with van der Waals surface area (Å²) >= 11 is 0. The molecule has 0 unspecified atom stereocenters. The summed E-state index contributed by atoms with van der Waals surface area (Å²) in [6.45, 7) is 0. The maximum absolute atomic E-state index is 12.9. The SMILES string of the molecule is Nc1ccc(C(=O)Nc2ccc(F)c(F)c2)cn1. The molecule has 2 rings (SSSR count). The third-order valence-corrected chi connectivity index (χ3v) is 2.23. The number of pyridine rings is 1. The Labute approximate surface area is 101 Å². The minimum absolute atomic E-state index is 0.163. The molecule has 0 aliphatic carbocycles. The average molecular weight is 249 g/mol. The second-order valence-corrected chi connectivity index (χ2v) is 3.55. The Morgan fingerprint density at radius 2 is 1.94 bits per heavy atom. The van der Waals surface area contributed by atoms with Gasteiger partial charge in [-0.3, -0.25) is 4.79 Å². The van der Waals surface area contributed by atoms with Gasteiger partial charge in [0.05, 0.1) is 5.56 Å². The van der Waals surface area contributed by atoms with Crippen LogP contribution < -0.4 is 11.1 Å². The fourth-order valence-corrected chi connectivity index (χ4v) is 1.32. The van der Waals surface area contributed by atoms with E-state index in [1.165, 1.54) is 24.4 Å². The maximum Gasteiger partial charge on any atom is 0.257 e. The van der Waals surface area contributed by atoms with Crippen LogP contribution in [0, 0.1) is 11.6 Å². The zero-order valence-electron chi connectivity index (χ0n) is 9.15. The lowest BCUT2D eigenvalue weighted by molar-refractivity contribution is 0.102. The van der Waals surface area contributed by atoms with Crippen LogP contribution in [0.2, 0.25) is 0 Å². The summed E-state index contributed by atoms with van der Waals surface area (Å²) in [6.07, 6.45) is 1.30. The number of hydrogen-bond donors (Lipinski definition) is 2. The summed E-state index contributed by atoms with van der Waals surface area (Å²) in [5, 5.41) is 2.42. The lowest BCUT2D eigenvalue weighted by atomic mass is 10.2. The van der Waals surface area contributed by atoms with Gasteiger partial charge in [-0.2, -0.15) is 0 Å². The number of anilines is 2. The van der Waals surface area contributed by atoms with Gasteiger partial charge in [-0.15, -0.1) is 0 Å². The van der Waals surface area contributed by atoms with Crippen LogP contribution in [-0.4, -0.2) is 10.9 Å². The molecule has 2 aromatic rings. The standard InChI is InChI=1S/C12H9F2N3O/c13-9-3-2-8(5-10(9)14)17-12(18)7-1-4-11(15)16-6-7/h1-6H,(H2,15,16)(H,17,18). The van der Waals surface area contributed by atoms with Crippen LogP contribution in [0.25, 0.3) is 0 Å². The number of amides is 1. The van der Waals surface area contributed by atoms with Crippen molar-refractivity contribution in [3.63, 3.8) is 0 Å². The minimum atomic E-state index is -1.02. The highest BCUT2D eigenvalue weighted by Gasteiger charge is 2.08. The smallest absolute Gasteiger partial charge is 0.257 e. The monoisotopic (exact) mass is 249 g/mol. The van der Waals surface area contributed by atoms with Gasteiger partial charge in [-0.25, -0.2) is 13.8 Å². The quantitative estimate of drug-likeness (QED) is 0.857. The van der Waals surface area contributed by atoms with Gasteiger partial charge in [-0.1, -0.05) is 0 Å². The number of rotatable bonds is 2. The molecular weight excluding hydrogens is 240 g/mol. The van der Waals surface area contributed by atoms with Gasteiger partial charge in [0.1, 0.15) is 5.82 Å². The fourth-order valence-electron chi connectivity index (χ4n) is 1.32. The van der Waals surface area contributed by atoms with E-state index in [-0.39, 0.29) is 11.3 Å². The molecule has 1 heterocycles. The maximum atomic E-state index is 12.9. The van der Waals surface area contributed by atoms with Crippen LogP contribution in [0.1, 0.15) is 10.4 Å². The highest BCUT2D eigenvalue weighted by atomic mass is 19.2. The Bertz CT molecular complexity index is 584. The van der Waals surface area contributed by atoms with E-state index in [1.807, 2.05) is 0 Å². The minimum Gasteiger partial charge on any atom is -0.384 e. The van der Waals surface area contributed by atoms with Crippen LogP contribution in [0.4, 0.5) is 20.3 Å². The molecule has 0 radical (unpaired) electrons. The topological polar surface area (TPSA) is 68.0 Å². The molecule has 92 valence electrons. The number of nitrogens with one attached hydrogen (secondary N) is 1. The summed E-state index contributed by atoms with van der Waals surface area (Å²) in [6, 6.07) is 6.06. The largest absolute Gasteiger partial charge is 0.384 e. The van der Waals surface area contributed by atoms with Crippen LogP contribution in [-0.2, 0) is 0 Å². The van der Waals surface area contributed by atoms with Gasteiger partial charge >= 0.3 is 0 Å². The Morgan fingerprint density at radius 1 is 1.17 bits per heavy atom. The molecular formula is C12H9F2N3O. The van der Waals surface area contributed by atoms with Crippen LogP contribution in [0.15, 0.2) is 36.5 Å². The molecule has 0 aliphatic heterocycles. The van der Waals surface area contributed by atoms with E-state index in [4.69, 9.17) is 5.73 Å². The van der Waals surface area contributed by atoms with Crippen molar-refractivity contribution in [3.8, 4) is 0 Å². The lowest BCUT2D eigenvalue weighted by Crippen LogP contribution is -2.12. The molecule has 0 bridgehead atoms. The van der Waals surface area contributed by atoms with Gasteiger partial charge in [0, 0.05) is 18.0 Å². The van der Waals surface area contributed by atoms with E-state index in [0.29, 0.717) is 5.82 Å². The van der Waals surface area contributed by atoms with Gasteiger partial charge in [0.15, 0.2) is 11.6 Å². The number of nitrogen functional groups attached to an aromatic ring is 1. The summed E-state index contributed by atoms with van der Waals surface area (Å²) < 4.78 is 25.6. The van der Waals surface area contributed by atoms with E-state index >= 15 is 0 Å². The number of carbonyl (C=O) groups excluding carboxylic acids is 1. The third kappa shape index (κ3) is 2.60. The van der Waals surface area contributed by atoms with Gasteiger partial charge in [-0.05, 0) is 24.3 Å². The summed E-state index contributed by atoms with van der Waals surface area (Å²) in [5.41, 5.74) is 5.82. The Balaban J connectivity index is 2.16. The van der Waals surface area contributed by atoms with Crippen molar-refractivity contribution in [2.45, 2.75) is 0 Å². The molecule has 6 heteroatoms. The Hall–Kier alpha value is -2.50. The average Bonchev–Trinajstić information content (AvgIpc) is 2.34. The zero-order valence-corrected chi connectivity index (χ0v) is 9.15. The van der Waals surface area contributed by atoms with Crippen molar-refractivity contribution in [3.05, 3.63) is 53.7 Å². The van der Waals surface area contributed by atoms with Crippen molar-refractivity contribution < 1.29 is 13.6 Å². The predicted octanol–water partition coefficient (Wildman–Crippen LogP) is 2.19. The van der Waals surface area contributed by atoms with E-state index in [0.717, 1.165) is 12.1 Å². The molecule has 1 aromatic carbocycles. The van der Waals surface area contributed by atoms with Gasteiger partial charge in [0.25, 0.3) is 5.91 Å². The first-order valence-corrected chi connectivity index (χ1v) is 5.04. The fraction of sp³-hybridized carbons (Fsp3) is 0. The lowest BCUT2D eigenvalue weighted by Gasteiger charge is -2.05. The number of carbonyl (C=O) groups is 1. The first-order valence-electron chi connectivity index (χ1n) is 5.04. The number of halogens is 2. The van der Waals surface area contributed by atoms with Crippen molar-refractivity contribution in [1.82, 2.24) is 4.98 Å². The third-order valence-electron chi connectivity index (χ3n) is 2.23. The highest BCUT2D eigenvalue weighted by Crippen LogP contribution is 2.14. The molecule has 0 spiro atoms. The zero-order chi connectivity index (χ0) is 13.1. The van der Waals surface area contributed by atoms with Gasteiger partial charge in [0.2, 0.25) is 0 Å². The predicted molar refractivity (Wildman–Crippen MR) is 63.0 cm³/mol. The van der Waals surface area contributed by atoms with E-state index in [2.05, 4.69) is 10.3 Å². The van der Waals surface area contributed by atoms with Crippen LogP contribution in [0.3, 0.4) is 0 Å². The van der Waals surface area contributed by atoms with Crippen molar-refractivity contribution >= 4 is 17.4 Å². The second kappa shape index (κ2) is 4.79. The Morgan fingerprint density at radius 3 is 2.56 bits per heavy atom.